The van der Waals surface area contributed by atoms with E-state index in [0.717, 1.165) is 29.8 Å². The average molecular weight is 220 g/mol. The molecule has 2 N–H and O–H groups in total. The minimum absolute atomic E-state index is 0.673. The molecule has 16 heavy (non-hydrogen) atoms. The zero-order chi connectivity index (χ0) is 11.5. The predicted octanol–water partition coefficient (Wildman–Crippen LogP) is 2.28. The summed E-state index contributed by atoms with van der Waals surface area (Å²) in [6, 6.07) is 0. The summed E-state index contributed by atoms with van der Waals surface area (Å²) >= 11 is 0. The topological polar surface area (TPSA) is 49.8 Å². The van der Waals surface area contributed by atoms with Gasteiger partial charge in [0.1, 0.15) is 5.82 Å². The first-order valence-electron chi connectivity index (χ1n) is 5.96. The van der Waals surface area contributed by atoms with Crippen LogP contribution in [0.1, 0.15) is 25.3 Å². The predicted molar refractivity (Wildman–Crippen MR) is 66.7 cm³/mol. The molecule has 0 radical (unpaired) electrons. The molecular formula is C12H20N4. The van der Waals surface area contributed by atoms with Crippen LogP contribution in [0.15, 0.2) is 6.20 Å². The van der Waals surface area contributed by atoms with Gasteiger partial charge in [-0.05, 0) is 31.6 Å². The Bertz CT molecular complexity index is 360. The van der Waals surface area contributed by atoms with Crippen molar-refractivity contribution < 1.29 is 0 Å². The minimum Gasteiger partial charge on any atom is -0.369 e. The number of aryl methyl sites for hydroxylation is 1. The number of rotatable bonds is 5. The molecule has 0 spiro atoms. The van der Waals surface area contributed by atoms with E-state index in [1.54, 1.807) is 0 Å². The van der Waals surface area contributed by atoms with Gasteiger partial charge in [0.05, 0.1) is 0 Å². The number of nitrogens with zero attached hydrogens (tertiary/aromatic N) is 2. The molecule has 1 saturated carbocycles. The Balaban J connectivity index is 1.96. The Labute approximate surface area is 96.9 Å². The highest BCUT2D eigenvalue weighted by atomic mass is 15.1. The van der Waals surface area contributed by atoms with E-state index < -0.39 is 0 Å². The third-order valence-corrected chi connectivity index (χ3v) is 3.21. The van der Waals surface area contributed by atoms with Crippen molar-refractivity contribution in [3.63, 3.8) is 0 Å². The number of aromatic nitrogens is 2. The summed E-state index contributed by atoms with van der Waals surface area (Å²) in [5.74, 6) is 3.30. The molecular weight excluding hydrogens is 200 g/mol. The van der Waals surface area contributed by atoms with E-state index in [9.17, 15) is 0 Å². The SMILES string of the molecule is CNc1ncc(C)c(NCC(C)C2CC2)n1. The van der Waals surface area contributed by atoms with Gasteiger partial charge >= 0.3 is 0 Å². The first kappa shape index (κ1) is 11.2. The van der Waals surface area contributed by atoms with Gasteiger partial charge in [0.2, 0.25) is 5.95 Å². The summed E-state index contributed by atoms with van der Waals surface area (Å²) in [4.78, 5) is 8.58. The Morgan fingerprint density at radius 2 is 2.25 bits per heavy atom. The van der Waals surface area contributed by atoms with Crippen LogP contribution in [0.3, 0.4) is 0 Å². The number of hydrogen-bond donors (Lipinski definition) is 2. The first-order valence-corrected chi connectivity index (χ1v) is 5.96. The molecule has 4 heteroatoms. The van der Waals surface area contributed by atoms with Gasteiger partial charge < -0.3 is 10.6 Å². The minimum atomic E-state index is 0.673. The van der Waals surface area contributed by atoms with Crippen LogP contribution in [0.5, 0.6) is 0 Å². The van der Waals surface area contributed by atoms with Crippen molar-refractivity contribution in [2.45, 2.75) is 26.7 Å². The van der Waals surface area contributed by atoms with Crippen LogP contribution in [-0.4, -0.2) is 23.6 Å². The molecule has 1 atom stereocenters. The van der Waals surface area contributed by atoms with Gasteiger partial charge in [-0.25, -0.2) is 4.98 Å². The summed E-state index contributed by atoms with van der Waals surface area (Å²) in [7, 11) is 1.83. The Morgan fingerprint density at radius 3 is 2.88 bits per heavy atom. The molecule has 0 saturated heterocycles. The summed E-state index contributed by atoms with van der Waals surface area (Å²) in [6.07, 6.45) is 4.64. The summed E-state index contributed by atoms with van der Waals surface area (Å²) in [5.41, 5.74) is 1.10. The average Bonchev–Trinajstić information content (AvgIpc) is 3.11. The van der Waals surface area contributed by atoms with E-state index in [4.69, 9.17) is 0 Å². The van der Waals surface area contributed by atoms with Gasteiger partial charge in [0, 0.05) is 25.4 Å². The Hall–Kier alpha value is -1.32. The van der Waals surface area contributed by atoms with Gasteiger partial charge in [-0.2, -0.15) is 4.98 Å². The standard InChI is InChI=1S/C12H20N4/c1-8(10-4-5-10)6-14-11-9(2)7-15-12(13-3)16-11/h7-8,10H,4-6H2,1-3H3,(H2,13,14,15,16). The monoisotopic (exact) mass is 220 g/mol. The smallest absolute Gasteiger partial charge is 0.224 e. The van der Waals surface area contributed by atoms with E-state index in [1.165, 1.54) is 12.8 Å². The van der Waals surface area contributed by atoms with Gasteiger partial charge in [-0.15, -0.1) is 0 Å². The highest BCUT2D eigenvalue weighted by Gasteiger charge is 2.27. The molecule has 0 bridgehead atoms. The molecule has 0 aliphatic heterocycles. The molecule has 1 fully saturated rings. The van der Waals surface area contributed by atoms with E-state index in [2.05, 4.69) is 27.5 Å². The van der Waals surface area contributed by atoms with E-state index in [1.807, 2.05) is 20.2 Å². The Morgan fingerprint density at radius 1 is 1.50 bits per heavy atom. The summed E-state index contributed by atoms with van der Waals surface area (Å²) in [5, 5.41) is 6.37. The van der Waals surface area contributed by atoms with Crippen molar-refractivity contribution in [2.75, 3.05) is 24.2 Å². The second-order valence-electron chi connectivity index (χ2n) is 4.67. The third kappa shape index (κ3) is 2.62. The highest BCUT2D eigenvalue weighted by Crippen LogP contribution is 2.36. The van der Waals surface area contributed by atoms with Crippen molar-refractivity contribution in [1.29, 1.82) is 0 Å². The molecule has 1 heterocycles. The zero-order valence-corrected chi connectivity index (χ0v) is 10.2. The lowest BCUT2D eigenvalue weighted by Crippen LogP contribution is -2.15. The second-order valence-corrected chi connectivity index (χ2v) is 4.67. The van der Waals surface area contributed by atoms with Gasteiger partial charge in [0.25, 0.3) is 0 Å². The van der Waals surface area contributed by atoms with Crippen LogP contribution in [0.4, 0.5) is 11.8 Å². The van der Waals surface area contributed by atoms with Crippen molar-refractivity contribution in [2.24, 2.45) is 11.8 Å². The van der Waals surface area contributed by atoms with Crippen LogP contribution in [0.2, 0.25) is 0 Å². The van der Waals surface area contributed by atoms with Crippen LogP contribution in [0, 0.1) is 18.8 Å². The number of anilines is 2. The van der Waals surface area contributed by atoms with E-state index >= 15 is 0 Å². The van der Waals surface area contributed by atoms with Crippen molar-refractivity contribution in [3.8, 4) is 0 Å². The number of nitrogens with one attached hydrogen (secondary N) is 2. The largest absolute Gasteiger partial charge is 0.369 e. The van der Waals surface area contributed by atoms with Crippen molar-refractivity contribution in [3.05, 3.63) is 11.8 Å². The fourth-order valence-electron chi connectivity index (χ4n) is 1.83. The quantitative estimate of drug-likeness (QED) is 0.799. The van der Waals surface area contributed by atoms with Crippen molar-refractivity contribution >= 4 is 11.8 Å². The lowest BCUT2D eigenvalue weighted by Gasteiger charge is -2.13. The van der Waals surface area contributed by atoms with Crippen molar-refractivity contribution in [1.82, 2.24) is 9.97 Å². The molecule has 1 unspecified atom stereocenters. The van der Waals surface area contributed by atoms with Crippen LogP contribution >= 0.6 is 0 Å². The molecule has 0 amide bonds. The normalized spacial score (nSPS) is 16.9. The second kappa shape index (κ2) is 4.68. The maximum absolute atomic E-state index is 4.41. The molecule has 88 valence electrons. The van der Waals surface area contributed by atoms with Gasteiger partial charge in [0.15, 0.2) is 0 Å². The fourth-order valence-corrected chi connectivity index (χ4v) is 1.83. The highest BCUT2D eigenvalue weighted by molar-refractivity contribution is 5.46. The zero-order valence-electron chi connectivity index (χ0n) is 10.2. The lowest BCUT2D eigenvalue weighted by atomic mass is 10.1. The Kier molecular flexibility index (Phi) is 3.27. The summed E-state index contributed by atoms with van der Waals surface area (Å²) in [6.45, 7) is 5.34. The van der Waals surface area contributed by atoms with Crippen LogP contribution < -0.4 is 10.6 Å². The fraction of sp³-hybridized carbons (Fsp3) is 0.667. The van der Waals surface area contributed by atoms with E-state index in [-0.39, 0.29) is 0 Å². The molecule has 1 aliphatic carbocycles. The maximum Gasteiger partial charge on any atom is 0.224 e. The molecule has 4 nitrogen and oxygen atoms in total. The molecule has 0 aromatic carbocycles. The first-order chi connectivity index (χ1) is 7.70. The van der Waals surface area contributed by atoms with Crippen LogP contribution in [-0.2, 0) is 0 Å². The molecule has 1 aliphatic rings. The summed E-state index contributed by atoms with van der Waals surface area (Å²) < 4.78 is 0. The lowest BCUT2D eigenvalue weighted by molar-refractivity contribution is 0.535. The molecule has 1 aromatic rings. The maximum atomic E-state index is 4.41. The van der Waals surface area contributed by atoms with Gasteiger partial charge in [-0.1, -0.05) is 6.92 Å². The molecule has 1 aromatic heterocycles. The third-order valence-electron chi connectivity index (χ3n) is 3.21. The van der Waals surface area contributed by atoms with Gasteiger partial charge in [-0.3, -0.25) is 0 Å². The molecule has 2 rings (SSSR count). The van der Waals surface area contributed by atoms with Crippen LogP contribution in [0.25, 0.3) is 0 Å². The number of hydrogen-bond acceptors (Lipinski definition) is 4. The van der Waals surface area contributed by atoms with E-state index in [0.29, 0.717) is 5.95 Å².